The molecule has 0 spiro atoms. The van der Waals surface area contributed by atoms with Crippen LogP contribution in [0.3, 0.4) is 0 Å². The second kappa shape index (κ2) is 15.2. The Bertz CT molecular complexity index is 887. The molecule has 3 aromatic rings. The third-order valence-electron chi connectivity index (χ3n) is 5.31. The number of nitrogen functional groups attached to an aromatic ring is 1. The lowest BCUT2D eigenvalue weighted by Gasteiger charge is -2.08. The maximum absolute atomic E-state index is 8.58. The lowest BCUT2D eigenvalue weighted by atomic mass is 10.0. The van der Waals surface area contributed by atoms with Crippen molar-refractivity contribution in [3.63, 3.8) is 0 Å². The summed E-state index contributed by atoms with van der Waals surface area (Å²) in [6.45, 7) is 2.50. The fraction of sp³-hybridized carbons (Fsp3) is 0.458. The number of hydrogen-bond acceptors (Lipinski definition) is 5. The third-order valence-corrected chi connectivity index (χ3v) is 5.59. The van der Waals surface area contributed by atoms with Crippen LogP contribution in [0.4, 0.5) is 5.95 Å². The zero-order valence-electron chi connectivity index (χ0n) is 18.7. The average molecular weight is 459 g/mol. The van der Waals surface area contributed by atoms with Crippen molar-refractivity contribution < 1.29 is 4.79 Å². The third kappa shape index (κ3) is 8.85. The number of fused-ring (bicyclic) bond motifs is 1. The summed E-state index contributed by atoms with van der Waals surface area (Å²) in [6.07, 6.45) is 16.9. The topological polar surface area (TPSA) is 123 Å². The van der Waals surface area contributed by atoms with Crippen LogP contribution in [0.5, 0.6) is 0 Å². The van der Waals surface area contributed by atoms with Crippen LogP contribution < -0.4 is 16.8 Å². The number of rotatable bonds is 1. The van der Waals surface area contributed by atoms with Crippen molar-refractivity contribution in [2.24, 2.45) is 5.73 Å². The summed E-state index contributed by atoms with van der Waals surface area (Å²) < 4.78 is 0. The number of carbonyl (C=O) groups is 1. The van der Waals surface area contributed by atoms with Crippen LogP contribution in [-0.2, 0) is 4.79 Å². The molecule has 2 aliphatic rings. The van der Waals surface area contributed by atoms with Gasteiger partial charge in [0.2, 0.25) is 12.4 Å². The molecule has 8 heteroatoms. The van der Waals surface area contributed by atoms with Gasteiger partial charge in [0, 0.05) is 22.7 Å². The van der Waals surface area contributed by atoms with Crippen molar-refractivity contribution in [2.75, 3.05) is 18.8 Å². The number of halogens is 1. The Balaban J connectivity index is 0.000000198. The van der Waals surface area contributed by atoms with E-state index < -0.39 is 0 Å². The van der Waals surface area contributed by atoms with Crippen LogP contribution in [0.2, 0.25) is 5.02 Å². The predicted octanol–water partition coefficient (Wildman–Crippen LogP) is 5.06. The molecule has 2 aromatic heterocycles. The Morgan fingerprint density at radius 2 is 1.50 bits per heavy atom. The SMILES string of the molecule is C1CCCCC1.C1CCNCC1.NC=O.Nc1ncc(Cl)c(-c2c[nH]c3ccccc23)n1. The Morgan fingerprint density at radius 1 is 0.938 bits per heavy atom. The number of amides is 1. The van der Waals surface area contributed by atoms with Gasteiger partial charge in [-0.2, -0.15) is 0 Å². The fourth-order valence-corrected chi connectivity index (χ4v) is 3.89. The number of nitrogens with two attached hydrogens (primary N) is 2. The van der Waals surface area contributed by atoms with E-state index in [0.717, 1.165) is 16.5 Å². The average Bonchev–Trinajstić information content (AvgIpc) is 3.28. The van der Waals surface area contributed by atoms with E-state index >= 15 is 0 Å². The summed E-state index contributed by atoms with van der Waals surface area (Å²) in [5.74, 6) is 0.217. The van der Waals surface area contributed by atoms with Crippen molar-refractivity contribution in [1.29, 1.82) is 0 Å². The van der Waals surface area contributed by atoms with E-state index in [1.165, 1.54) is 77.1 Å². The molecular weight excluding hydrogens is 424 g/mol. The quantitative estimate of drug-likeness (QED) is 0.379. The van der Waals surface area contributed by atoms with E-state index in [9.17, 15) is 0 Å². The molecule has 1 saturated heterocycles. The molecule has 6 N–H and O–H groups in total. The van der Waals surface area contributed by atoms with E-state index in [4.69, 9.17) is 22.1 Å². The van der Waals surface area contributed by atoms with Crippen LogP contribution in [0, 0.1) is 0 Å². The number of piperidine rings is 1. The van der Waals surface area contributed by atoms with Gasteiger partial charge in [0.25, 0.3) is 0 Å². The number of nitrogens with one attached hydrogen (secondary N) is 2. The summed E-state index contributed by atoms with van der Waals surface area (Å²) >= 11 is 6.09. The standard InChI is InChI=1S/C12H9ClN4.C6H12.C5H11N.CH3NO/c13-9-6-16-12(14)17-11(9)8-5-15-10-4-2-1-3-7(8)10;2*1-2-4-6-5-3-1;2-1-3/h1-6,15H,(H2,14,16,17);1-6H2;6H,1-5H2;1H,(H2,2,3). The molecule has 0 atom stereocenters. The van der Waals surface area contributed by atoms with Crippen molar-refractivity contribution in [2.45, 2.75) is 57.8 Å². The van der Waals surface area contributed by atoms with Gasteiger partial charge in [0.15, 0.2) is 0 Å². The highest BCUT2D eigenvalue weighted by atomic mass is 35.5. The van der Waals surface area contributed by atoms with Crippen molar-refractivity contribution in [1.82, 2.24) is 20.3 Å². The highest BCUT2D eigenvalue weighted by Crippen LogP contribution is 2.31. The highest BCUT2D eigenvalue weighted by Gasteiger charge is 2.11. The molecule has 2 fully saturated rings. The van der Waals surface area contributed by atoms with Crippen molar-refractivity contribution in [3.8, 4) is 11.3 Å². The van der Waals surface area contributed by atoms with Gasteiger partial charge in [-0.3, -0.25) is 4.79 Å². The molecule has 3 heterocycles. The Morgan fingerprint density at radius 3 is 2.03 bits per heavy atom. The van der Waals surface area contributed by atoms with E-state index in [-0.39, 0.29) is 12.4 Å². The first kappa shape index (κ1) is 25.6. The number of aromatic amines is 1. The maximum atomic E-state index is 8.58. The zero-order valence-corrected chi connectivity index (χ0v) is 19.4. The number of carbonyl (C=O) groups excluding carboxylic acids is 1. The summed E-state index contributed by atoms with van der Waals surface area (Å²) in [5.41, 5.74) is 12.4. The van der Waals surface area contributed by atoms with Gasteiger partial charge >= 0.3 is 0 Å². The first-order valence-corrected chi connectivity index (χ1v) is 11.8. The largest absolute Gasteiger partial charge is 0.372 e. The number of hydrogen-bond donors (Lipinski definition) is 4. The van der Waals surface area contributed by atoms with Crippen LogP contribution in [0.25, 0.3) is 22.2 Å². The molecule has 32 heavy (non-hydrogen) atoms. The van der Waals surface area contributed by atoms with Crippen molar-refractivity contribution in [3.05, 3.63) is 41.7 Å². The summed E-state index contributed by atoms with van der Waals surface area (Å²) in [4.78, 5) is 19.8. The minimum absolute atomic E-state index is 0.217. The van der Waals surface area contributed by atoms with Gasteiger partial charge in [-0.1, -0.05) is 74.7 Å². The Labute approximate surface area is 195 Å². The molecule has 1 aliphatic heterocycles. The predicted molar refractivity (Wildman–Crippen MR) is 133 cm³/mol. The number of H-pyrrole nitrogens is 1. The molecule has 5 rings (SSSR count). The van der Waals surface area contributed by atoms with Gasteiger partial charge in [-0.05, 0) is 32.0 Å². The summed E-state index contributed by atoms with van der Waals surface area (Å²) in [6, 6.07) is 7.95. The molecule has 0 unspecified atom stereocenters. The summed E-state index contributed by atoms with van der Waals surface area (Å²) in [5, 5.41) is 4.84. The molecule has 174 valence electrons. The maximum Gasteiger partial charge on any atom is 0.220 e. The van der Waals surface area contributed by atoms with Gasteiger partial charge in [0.05, 0.1) is 16.9 Å². The lowest BCUT2D eigenvalue weighted by Crippen LogP contribution is -2.21. The molecular formula is C24H35ClN6O. The highest BCUT2D eigenvalue weighted by molar-refractivity contribution is 6.33. The molecule has 1 aromatic carbocycles. The molecule has 7 nitrogen and oxygen atoms in total. The zero-order chi connectivity index (χ0) is 23.0. The molecule has 1 aliphatic carbocycles. The van der Waals surface area contributed by atoms with E-state index in [2.05, 4.69) is 26.0 Å². The first-order chi connectivity index (χ1) is 15.7. The number of para-hydroxylation sites is 1. The Hall–Kier alpha value is -2.64. The first-order valence-electron chi connectivity index (χ1n) is 11.4. The van der Waals surface area contributed by atoms with Crippen LogP contribution >= 0.6 is 11.6 Å². The smallest absolute Gasteiger partial charge is 0.220 e. The van der Waals surface area contributed by atoms with Gasteiger partial charge in [0.1, 0.15) is 0 Å². The number of anilines is 1. The molecule has 0 radical (unpaired) electrons. The number of primary amides is 1. The second-order valence-electron chi connectivity index (χ2n) is 7.74. The van der Waals surface area contributed by atoms with E-state index in [1.807, 2.05) is 30.5 Å². The van der Waals surface area contributed by atoms with Crippen molar-refractivity contribution >= 4 is 34.9 Å². The second-order valence-corrected chi connectivity index (χ2v) is 8.15. The van der Waals surface area contributed by atoms with Crippen LogP contribution in [-0.4, -0.2) is 34.5 Å². The minimum Gasteiger partial charge on any atom is -0.372 e. The van der Waals surface area contributed by atoms with Gasteiger partial charge < -0.3 is 21.8 Å². The Kier molecular flexibility index (Phi) is 12.2. The minimum atomic E-state index is 0.217. The van der Waals surface area contributed by atoms with Crippen LogP contribution in [0.15, 0.2) is 36.7 Å². The monoisotopic (exact) mass is 458 g/mol. The summed E-state index contributed by atoms with van der Waals surface area (Å²) in [7, 11) is 0. The van der Waals surface area contributed by atoms with Crippen LogP contribution in [0.1, 0.15) is 57.8 Å². The molecule has 1 amide bonds. The number of aromatic nitrogens is 3. The fourth-order valence-electron chi connectivity index (χ4n) is 3.70. The number of nitrogens with zero attached hydrogens (tertiary/aromatic N) is 2. The number of benzene rings is 1. The normalized spacial score (nSPS) is 15.2. The van der Waals surface area contributed by atoms with E-state index in [0.29, 0.717) is 10.7 Å². The van der Waals surface area contributed by atoms with E-state index in [1.54, 1.807) is 0 Å². The molecule has 0 bridgehead atoms. The van der Waals surface area contributed by atoms with Gasteiger partial charge in [-0.15, -0.1) is 0 Å². The van der Waals surface area contributed by atoms with Gasteiger partial charge in [-0.25, -0.2) is 9.97 Å². The lowest BCUT2D eigenvalue weighted by molar-refractivity contribution is -0.106. The molecule has 1 saturated carbocycles.